The summed E-state index contributed by atoms with van der Waals surface area (Å²) in [6.45, 7) is 0.306. The summed E-state index contributed by atoms with van der Waals surface area (Å²) in [5.41, 5.74) is 0.758. The van der Waals surface area contributed by atoms with Gasteiger partial charge in [0.2, 0.25) is 10.0 Å². The van der Waals surface area contributed by atoms with Crippen molar-refractivity contribution in [1.29, 1.82) is 0 Å². The molecular weight excluding hydrogens is 437 g/mol. The lowest BCUT2D eigenvalue weighted by Gasteiger charge is -2.26. The molecule has 1 amide bonds. The fourth-order valence-electron chi connectivity index (χ4n) is 2.99. The number of aromatic nitrogens is 1. The minimum Gasteiger partial charge on any atom is -0.495 e. The van der Waals surface area contributed by atoms with Crippen LogP contribution in [0.4, 0.5) is 9.52 Å². The number of benzene rings is 1. The molecule has 0 unspecified atom stereocenters. The number of anilines is 1. The normalized spacial score (nSPS) is 14.4. The van der Waals surface area contributed by atoms with E-state index in [2.05, 4.69) is 10.3 Å². The first kappa shape index (κ1) is 20.0. The van der Waals surface area contributed by atoms with E-state index in [0.717, 1.165) is 22.7 Å². The summed E-state index contributed by atoms with van der Waals surface area (Å²) in [6, 6.07) is 6.91. The zero-order valence-electron chi connectivity index (χ0n) is 15.2. The van der Waals surface area contributed by atoms with Gasteiger partial charge in [0.1, 0.15) is 16.5 Å². The molecule has 7 nitrogen and oxygen atoms in total. The van der Waals surface area contributed by atoms with Crippen molar-refractivity contribution in [3.63, 3.8) is 0 Å². The highest BCUT2D eigenvalue weighted by atomic mass is 32.2. The van der Waals surface area contributed by atoms with Crippen LogP contribution in [-0.4, -0.2) is 37.3 Å². The Bertz CT molecular complexity index is 1160. The number of sulfonamides is 1. The van der Waals surface area contributed by atoms with Crippen LogP contribution in [0.1, 0.15) is 20.2 Å². The number of carbonyl (C=O) groups excluding carboxylic acids is 1. The number of amides is 1. The topological polar surface area (TPSA) is 88.6 Å². The van der Waals surface area contributed by atoms with Crippen molar-refractivity contribution in [2.24, 2.45) is 0 Å². The quantitative estimate of drug-likeness (QED) is 0.640. The number of methoxy groups -OCH3 is 1. The van der Waals surface area contributed by atoms with Crippen LogP contribution in [0.25, 0.3) is 0 Å². The van der Waals surface area contributed by atoms with E-state index in [4.69, 9.17) is 4.74 Å². The van der Waals surface area contributed by atoms with Gasteiger partial charge in [-0.05, 0) is 29.6 Å². The molecule has 2 aromatic heterocycles. The van der Waals surface area contributed by atoms with Crippen LogP contribution >= 0.6 is 22.7 Å². The molecule has 0 saturated heterocycles. The number of carbonyl (C=O) groups is 1. The fourth-order valence-corrected chi connectivity index (χ4v) is 6.28. The average molecular weight is 454 g/mol. The zero-order chi connectivity index (χ0) is 20.6. The van der Waals surface area contributed by atoms with Crippen molar-refractivity contribution < 1.29 is 22.3 Å². The van der Waals surface area contributed by atoms with E-state index in [1.807, 2.05) is 5.38 Å². The largest absolute Gasteiger partial charge is 0.495 e. The Morgan fingerprint density at radius 1 is 1.34 bits per heavy atom. The third-order valence-electron chi connectivity index (χ3n) is 4.41. The lowest BCUT2D eigenvalue weighted by Crippen LogP contribution is -2.35. The van der Waals surface area contributed by atoms with Gasteiger partial charge in [0.05, 0.1) is 24.2 Å². The second-order valence-electron chi connectivity index (χ2n) is 6.20. The van der Waals surface area contributed by atoms with Gasteiger partial charge in [-0.1, -0.05) is 6.07 Å². The van der Waals surface area contributed by atoms with Crippen LogP contribution in [0.2, 0.25) is 0 Å². The summed E-state index contributed by atoms with van der Waals surface area (Å²) in [4.78, 5) is 17.7. The van der Waals surface area contributed by atoms with E-state index >= 15 is 0 Å². The maximum atomic E-state index is 13.7. The molecule has 11 heteroatoms. The van der Waals surface area contributed by atoms with Crippen molar-refractivity contribution in [3.8, 4) is 5.75 Å². The SMILES string of the molecule is COc1ccc(F)cc1S(=O)(=O)N1CCc2nc(NC(=O)c3cccs3)sc2C1. The van der Waals surface area contributed by atoms with Crippen LogP contribution in [0.3, 0.4) is 0 Å². The molecule has 1 aliphatic heterocycles. The minimum absolute atomic E-state index is 0.0883. The maximum absolute atomic E-state index is 13.7. The summed E-state index contributed by atoms with van der Waals surface area (Å²) in [6.07, 6.45) is 0.400. The molecule has 1 aliphatic rings. The van der Waals surface area contributed by atoms with Crippen LogP contribution in [0.15, 0.2) is 40.6 Å². The number of ether oxygens (including phenoxy) is 1. The molecule has 1 aromatic carbocycles. The Morgan fingerprint density at radius 2 is 2.17 bits per heavy atom. The molecule has 4 rings (SSSR count). The molecule has 1 N–H and O–H groups in total. The first-order chi connectivity index (χ1) is 13.9. The molecule has 29 heavy (non-hydrogen) atoms. The van der Waals surface area contributed by atoms with Gasteiger partial charge in [0, 0.05) is 17.8 Å². The monoisotopic (exact) mass is 453 g/mol. The van der Waals surface area contributed by atoms with Crippen molar-refractivity contribution in [1.82, 2.24) is 9.29 Å². The number of nitrogens with zero attached hydrogens (tertiary/aromatic N) is 2. The van der Waals surface area contributed by atoms with Crippen molar-refractivity contribution >= 4 is 43.7 Å². The fraction of sp³-hybridized carbons (Fsp3) is 0.222. The highest BCUT2D eigenvalue weighted by molar-refractivity contribution is 7.89. The Hall–Kier alpha value is -2.34. The summed E-state index contributed by atoms with van der Waals surface area (Å²) in [5, 5.41) is 4.99. The third kappa shape index (κ3) is 3.90. The van der Waals surface area contributed by atoms with Crippen LogP contribution < -0.4 is 10.1 Å². The molecule has 0 radical (unpaired) electrons. The van der Waals surface area contributed by atoms with Gasteiger partial charge in [-0.25, -0.2) is 17.8 Å². The maximum Gasteiger partial charge on any atom is 0.267 e. The summed E-state index contributed by atoms with van der Waals surface area (Å²) in [5.74, 6) is -0.816. The Morgan fingerprint density at radius 3 is 2.90 bits per heavy atom. The van der Waals surface area contributed by atoms with Gasteiger partial charge in [-0.2, -0.15) is 4.31 Å². The van der Waals surface area contributed by atoms with Crippen LogP contribution in [0, 0.1) is 5.82 Å². The van der Waals surface area contributed by atoms with Gasteiger partial charge >= 0.3 is 0 Å². The molecule has 152 valence electrons. The zero-order valence-corrected chi connectivity index (χ0v) is 17.7. The highest BCUT2D eigenvalue weighted by Crippen LogP contribution is 2.34. The number of hydrogen-bond acceptors (Lipinski definition) is 7. The Labute approximate surface area is 174 Å². The van der Waals surface area contributed by atoms with E-state index in [9.17, 15) is 17.6 Å². The molecule has 0 bridgehead atoms. The number of halogens is 1. The molecule has 0 atom stereocenters. The van der Waals surface area contributed by atoms with E-state index in [-0.39, 0.29) is 29.6 Å². The van der Waals surface area contributed by atoms with Gasteiger partial charge < -0.3 is 4.74 Å². The summed E-state index contributed by atoms with van der Waals surface area (Å²) in [7, 11) is -2.62. The molecule has 0 fully saturated rings. The number of fused-ring (bicyclic) bond motifs is 1. The molecule has 3 heterocycles. The Kier molecular flexibility index (Phi) is 5.38. The number of thiazole rings is 1. The molecule has 0 aliphatic carbocycles. The second-order valence-corrected chi connectivity index (χ2v) is 10.1. The minimum atomic E-state index is -3.96. The molecular formula is C18H16FN3O4S3. The first-order valence-corrected chi connectivity index (χ1v) is 11.7. The second kappa shape index (κ2) is 7.82. The summed E-state index contributed by atoms with van der Waals surface area (Å²) >= 11 is 2.57. The molecule has 3 aromatic rings. The van der Waals surface area contributed by atoms with E-state index in [1.54, 1.807) is 12.1 Å². The van der Waals surface area contributed by atoms with Crippen molar-refractivity contribution in [2.45, 2.75) is 17.9 Å². The van der Waals surface area contributed by atoms with Gasteiger partial charge in [-0.3, -0.25) is 10.1 Å². The lowest BCUT2D eigenvalue weighted by molar-refractivity contribution is 0.103. The number of hydrogen-bond donors (Lipinski definition) is 1. The Balaban J connectivity index is 1.57. The van der Waals surface area contributed by atoms with E-state index in [1.165, 1.54) is 40.2 Å². The first-order valence-electron chi connectivity index (χ1n) is 8.55. The molecule has 0 spiro atoms. The summed E-state index contributed by atoms with van der Waals surface area (Å²) < 4.78 is 46.2. The van der Waals surface area contributed by atoms with Gasteiger partial charge in [0.15, 0.2) is 5.13 Å². The smallest absolute Gasteiger partial charge is 0.267 e. The predicted octanol–water partition coefficient (Wildman–Crippen LogP) is 3.35. The standard InChI is InChI=1S/C18H16FN3O4S3/c1-26-13-5-4-11(19)9-16(13)29(24,25)22-7-6-12-15(10-22)28-18(20-12)21-17(23)14-3-2-8-27-14/h2-5,8-9H,6-7,10H2,1H3,(H,20,21,23). The predicted molar refractivity (Wildman–Crippen MR) is 109 cm³/mol. The van der Waals surface area contributed by atoms with Gasteiger partial charge in [-0.15, -0.1) is 22.7 Å². The van der Waals surface area contributed by atoms with Crippen LogP contribution in [-0.2, 0) is 23.0 Å². The number of nitrogens with one attached hydrogen (secondary N) is 1. The third-order valence-corrected chi connectivity index (χ3v) is 8.14. The lowest BCUT2D eigenvalue weighted by atomic mass is 10.2. The van der Waals surface area contributed by atoms with E-state index < -0.39 is 15.8 Å². The van der Waals surface area contributed by atoms with E-state index in [0.29, 0.717) is 16.4 Å². The van der Waals surface area contributed by atoms with Crippen molar-refractivity contribution in [2.75, 3.05) is 19.0 Å². The number of rotatable bonds is 5. The van der Waals surface area contributed by atoms with Crippen molar-refractivity contribution in [3.05, 3.63) is 57.0 Å². The number of thiophene rings is 1. The highest BCUT2D eigenvalue weighted by Gasteiger charge is 2.33. The van der Waals surface area contributed by atoms with Gasteiger partial charge in [0.25, 0.3) is 5.91 Å². The van der Waals surface area contributed by atoms with Crippen LogP contribution in [0.5, 0.6) is 5.75 Å². The molecule has 0 saturated carbocycles. The average Bonchev–Trinajstić information content (AvgIpc) is 3.36.